The zero-order chi connectivity index (χ0) is 22.7. The number of hydrogen-bond donors (Lipinski definition) is 2. The molecule has 168 valence electrons. The highest BCUT2D eigenvalue weighted by atomic mass is 19.1. The van der Waals surface area contributed by atoms with E-state index in [9.17, 15) is 13.6 Å². The number of hydrogen-bond acceptors (Lipinski definition) is 4. The van der Waals surface area contributed by atoms with Gasteiger partial charge in [-0.05, 0) is 43.5 Å². The molecular formula is C23H25F2N5O2. The minimum Gasteiger partial charge on any atom is -0.494 e. The Labute approximate surface area is 185 Å². The molecule has 2 N–H and O–H groups in total. The number of piperidine rings is 1. The highest BCUT2D eigenvalue weighted by Crippen LogP contribution is 2.38. The summed E-state index contributed by atoms with van der Waals surface area (Å²) in [5, 5.41) is 10.1. The molecule has 1 aromatic heterocycles. The van der Waals surface area contributed by atoms with Crippen LogP contribution in [0.25, 0.3) is 11.3 Å². The lowest BCUT2D eigenvalue weighted by Gasteiger charge is -2.29. The summed E-state index contributed by atoms with van der Waals surface area (Å²) in [6.45, 7) is 1.63. The van der Waals surface area contributed by atoms with Gasteiger partial charge in [0.25, 0.3) is 0 Å². The van der Waals surface area contributed by atoms with E-state index in [4.69, 9.17) is 4.74 Å². The second-order valence-electron chi connectivity index (χ2n) is 7.66. The van der Waals surface area contributed by atoms with Crippen LogP contribution in [0.2, 0.25) is 0 Å². The van der Waals surface area contributed by atoms with Gasteiger partial charge in [0.1, 0.15) is 17.2 Å². The van der Waals surface area contributed by atoms with E-state index in [-0.39, 0.29) is 17.3 Å². The third-order valence-corrected chi connectivity index (χ3v) is 5.43. The van der Waals surface area contributed by atoms with E-state index in [2.05, 4.69) is 20.6 Å². The summed E-state index contributed by atoms with van der Waals surface area (Å²) in [6.07, 6.45) is 3.18. The third-order valence-electron chi connectivity index (χ3n) is 5.43. The molecule has 0 spiro atoms. The van der Waals surface area contributed by atoms with Gasteiger partial charge in [-0.1, -0.05) is 12.1 Å². The van der Waals surface area contributed by atoms with Gasteiger partial charge >= 0.3 is 6.03 Å². The SMILES string of the molecule is COc1ccc(NC(=O)Nc2c(N3CCCCC3)c(-c3cccc(F)c3)nn2C)cc1F. The summed E-state index contributed by atoms with van der Waals surface area (Å²) in [5.74, 6) is -0.355. The number of rotatable bonds is 5. The molecule has 7 nitrogen and oxygen atoms in total. The molecule has 0 atom stereocenters. The zero-order valence-electron chi connectivity index (χ0n) is 18.0. The molecule has 2 aromatic carbocycles. The maximum absolute atomic E-state index is 14.0. The average Bonchev–Trinajstić information content (AvgIpc) is 3.10. The van der Waals surface area contributed by atoms with Crippen LogP contribution in [0.1, 0.15) is 19.3 Å². The fraction of sp³-hybridized carbons (Fsp3) is 0.304. The predicted molar refractivity (Wildman–Crippen MR) is 120 cm³/mol. The molecule has 2 heterocycles. The van der Waals surface area contributed by atoms with Crippen LogP contribution >= 0.6 is 0 Å². The third kappa shape index (κ3) is 4.51. The van der Waals surface area contributed by atoms with Crippen LogP contribution in [-0.4, -0.2) is 36.0 Å². The van der Waals surface area contributed by atoms with Crippen molar-refractivity contribution in [1.82, 2.24) is 9.78 Å². The number of aromatic nitrogens is 2. The van der Waals surface area contributed by atoms with E-state index in [0.717, 1.165) is 38.0 Å². The molecule has 0 saturated carbocycles. The van der Waals surface area contributed by atoms with Crippen molar-refractivity contribution in [2.24, 2.45) is 7.05 Å². The van der Waals surface area contributed by atoms with E-state index in [1.54, 1.807) is 29.9 Å². The van der Waals surface area contributed by atoms with Gasteiger partial charge in [0.2, 0.25) is 0 Å². The van der Waals surface area contributed by atoms with E-state index in [1.165, 1.54) is 31.4 Å². The first kappa shape index (κ1) is 21.6. The molecule has 2 amide bonds. The van der Waals surface area contributed by atoms with Gasteiger partial charge in [-0.2, -0.15) is 5.10 Å². The van der Waals surface area contributed by atoms with Crippen LogP contribution in [0.5, 0.6) is 5.75 Å². The van der Waals surface area contributed by atoms with Crippen LogP contribution in [-0.2, 0) is 7.05 Å². The Kier molecular flexibility index (Phi) is 6.25. The number of urea groups is 1. The number of nitrogens with one attached hydrogen (secondary N) is 2. The van der Waals surface area contributed by atoms with E-state index in [1.807, 2.05) is 0 Å². The first-order valence-electron chi connectivity index (χ1n) is 10.5. The number of amides is 2. The zero-order valence-corrected chi connectivity index (χ0v) is 18.0. The number of nitrogens with zero attached hydrogens (tertiary/aromatic N) is 3. The smallest absolute Gasteiger partial charge is 0.324 e. The molecule has 0 bridgehead atoms. The summed E-state index contributed by atoms with van der Waals surface area (Å²) < 4.78 is 34.4. The summed E-state index contributed by atoms with van der Waals surface area (Å²) in [7, 11) is 3.10. The molecule has 0 unspecified atom stereocenters. The first-order chi connectivity index (χ1) is 15.5. The predicted octanol–water partition coefficient (Wildman–Crippen LogP) is 5.01. The highest BCUT2D eigenvalue weighted by molar-refractivity contribution is 6.02. The Balaban J connectivity index is 1.65. The van der Waals surface area contributed by atoms with Crippen LogP contribution in [0, 0.1) is 11.6 Å². The lowest BCUT2D eigenvalue weighted by atomic mass is 10.1. The molecule has 1 aliphatic rings. The topological polar surface area (TPSA) is 71.4 Å². The molecule has 0 radical (unpaired) electrons. The second-order valence-corrected chi connectivity index (χ2v) is 7.66. The summed E-state index contributed by atoms with van der Waals surface area (Å²) in [4.78, 5) is 14.9. The van der Waals surface area contributed by atoms with Crippen molar-refractivity contribution >= 4 is 23.2 Å². The number of carbonyl (C=O) groups is 1. The monoisotopic (exact) mass is 441 g/mol. The van der Waals surface area contributed by atoms with Gasteiger partial charge in [0.05, 0.1) is 7.11 Å². The van der Waals surface area contributed by atoms with E-state index >= 15 is 0 Å². The van der Waals surface area contributed by atoms with E-state index in [0.29, 0.717) is 17.1 Å². The average molecular weight is 441 g/mol. The molecule has 1 aliphatic heterocycles. The standard InChI is InChI=1S/C23H25F2N5O2/c1-29-22(27-23(31)26-17-9-10-19(32-2)18(25)14-17)21(30-11-4-3-5-12-30)20(28-29)15-7-6-8-16(24)13-15/h6-10,13-14H,3-5,11-12H2,1-2H3,(H2,26,27,31). The van der Waals surface area contributed by atoms with Gasteiger partial charge in [0, 0.05) is 37.5 Å². The molecule has 32 heavy (non-hydrogen) atoms. The highest BCUT2D eigenvalue weighted by Gasteiger charge is 2.26. The molecular weight excluding hydrogens is 416 g/mol. The quantitative estimate of drug-likeness (QED) is 0.584. The Hall–Kier alpha value is -3.62. The molecule has 3 aromatic rings. The lowest BCUT2D eigenvalue weighted by Crippen LogP contribution is -2.31. The number of halogens is 2. The molecule has 0 aliphatic carbocycles. The molecule has 9 heteroatoms. The van der Waals surface area contributed by atoms with Gasteiger partial charge in [0.15, 0.2) is 17.4 Å². The van der Waals surface area contributed by atoms with Crippen LogP contribution in [0.4, 0.5) is 30.8 Å². The van der Waals surface area contributed by atoms with Crippen molar-refractivity contribution in [2.75, 3.05) is 35.7 Å². The summed E-state index contributed by atoms with van der Waals surface area (Å²) in [5.41, 5.74) is 2.26. The largest absolute Gasteiger partial charge is 0.494 e. The van der Waals surface area contributed by atoms with Crippen molar-refractivity contribution < 1.29 is 18.3 Å². The fourth-order valence-corrected chi connectivity index (χ4v) is 3.91. The van der Waals surface area contributed by atoms with Crippen LogP contribution < -0.4 is 20.3 Å². The number of ether oxygens (including phenoxy) is 1. The number of aryl methyl sites for hydroxylation is 1. The van der Waals surface area contributed by atoms with E-state index < -0.39 is 11.8 Å². The molecule has 1 saturated heterocycles. The van der Waals surface area contributed by atoms with Crippen molar-refractivity contribution in [3.63, 3.8) is 0 Å². The maximum atomic E-state index is 14.0. The van der Waals surface area contributed by atoms with Gasteiger partial charge in [-0.15, -0.1) is 0 Å². The molecule has 4 rings (SSSR count). The Morgan fingerprint density at radius 1 is 1.06 bits per heavy atom. The maximum Gasteiger partial charge on any atom is 0.324 e. The van der Waals surface area contributed by atoms with Crippen LogP contribution in [0.15, 0.2) is 42.5 Å². The minimum absolute atomic E-state index is 0.0923. The summed E-state index contributed by atoms with van der Waals surface area (Å²) in [6, 6.07) is 9.88. The fourth-order valence-electron chi connectivity index (χ4n) is 3.91. The van der Waals surface area contributed by atoms with Crippen molar-refractivity contribution in [3.05, 3.63) is 54.1 Å². The minimum atomic E-state index is -0.576. The van der Waals surface area contributed by atoms with Crippen molar-refractivity contribution in [3.8, 4) is 17.0 Å². The van der Waals surface area contributed by atoms with Gasteiger partial charge in [-0.25, -0.2) is 18.3 Å². The van der Waals surface area contributed by atoms with Gasteiger partial charge < -0.3 is 15.0 Å². The molecule has 1 fully saturated rings. The number of methoxy groups -OCH3 is 1. The second kappa shape index (κ2) is 9.25. The first-order valence-corrected chi connectivity index (χ1v) is 10.5. The lowest BCUT2D eigenvalue weighted by molar-refractivity contribution is 0.262. The Morgan fingerprint density at radius 2 is 1.84 bits per heavy atom. The number of benzene rings is 2. The normalized spacial score (nSPS) is 13.7. The Morgan fingerprint density at radius 3 is 2.53 bits per heavy atom. The number of carbonyl (C=O) groups excluding carboxylic acids is 1. The van der Waals surface area contributed by atoms with Crippen molar-refractivity contribution in [2.45, 2.75) is 19.3 Å². The number of anilines is 3. The summed E-state index contributed by atoms with van der Waals surface area (Å²) >= 11 is 0. The Bertz CT molecular complexity index is 1130. The van der Waals surface area contributed by atoms with Crippen molar-refractivity contribution in [1.29, 1.82) is 0 Å². The van der Waals surface area contributed by atoms with Crippen LogP contribution in [0.3, 0.4) is 0 Å². The van der Waals surface area contributed by atoms with Gasteiger partial charge in [-0.3, -0.25) is 5.32 Å².